The van der Waals surface area contributed by atoms with Gasteiger partial charge in [-0.25, -0.2) is 13.1 Å². The van der Waals surface area contributed by atoms with Crippen molar-refractivity contribution in [2.75, 3.05) is 4.66 Å². The molecule has 0 amide bonds. The van der Waals surface area contributed by atoms with Crippen LogP contribution >= 0.6 is 15.9 Å². The van der Waals surface area contributed by atoms with Crippen molar-refractivity contribution in [2.45, 2.75) is 39.2 Å². The van der Waals surface area contributed by atoms with Crippen LogP contribution in [0.25, 0.3) is 0 Å². The molecule has 0 rings (SSSR count). The van der Waals surface area contributed by atoms with Crippen LogP contribution in [-0.4, -0.2) is 19.1 Å². The van der Waals surface area contributed by atoms with Gasteiger partial charge in [0.25, 0.3) is 0 Å². The second kappa shape index (κ2) is 5.94. The van der Waals surface area contributed by atoms with E-state index in [4.69, 9.17) is 0 Å². The van der Waals surface area contributed by atoms with Gasteiger partial charge in [-0.2, -0.15) is 0 Å². The summed E-state index contributed by atoms with van der Waals surface area (Å²) in [5.74, 6) is 0. The van der Waals surface area contributed by atoms with Gasteiger partial charge in [-0.05, 0) is 13.3 Å². The highest BCUT2D eigenvalue weighted by atomic mass is 79.9. The molecule has 12 heavy (non-hydrogen) atoms. The standard InChI is InChI=1S/C7H16BrNO2S/c1-3-4-5-7(2)9-12(10,11)6-8/h7,9H,3-6H2,1-2H3. The molecule has 0 saturated carbocycles. The van der Waals surface area contributed by atoms with Gasteiger partial charge in [0.2, 0.25) is 10.0 Å². The number of unbranched alkanes of at least 4 members (excludes halogenated alkanes) is 1. The Morgan fingerprint density at radius 3 is 2.50 bits per heavy atom. The van der Waals surface area contributed by atoms with Crippen LogP contribution in [0.5, 0.6) is 0 Å². The maximum absolute atomic E-state index is 11.0. The first-order chi connectivity index (χ1) is 5.52. The Kier molecular flexibility index (Phi) is 6.13. The lowest BCUT2D eigenvalue weighted by molar-refractivity contribution is 0.538. The Bertz CT molecular complexity index is 203. The minimum Gasteiger partial charge on any atom is -0.212 e. The molecule has 0 saturated heterocycles. The van der Waals surface area contributed by atoms with E-state index in [1.54, 1.807) is 0 Å². The molecule has 3 nitrogen and oxygen atoms in total. The zero-order valence-corrected chi connectivity index (χ0v) is 9.91. The fourth-order valence-electron chi connectivity index (χ4n) is 0.907. The summed E-state index contributed by atoms with van der Waals surface area (Å²) in [5.41, 5.74) is 0. The monoisotopic (exact) mass is 257 g/mol. The fourth-order valence-corrected chi connectivity index (χ4v) is 2.10. The largest absolute Gasteiger partial charge is 0.221 e. The molecule has 5 heteroatoms. The molecule has 1 N–H and O–H groups in total. The Morgan fingerprint density at radius 2 is 2.08 bits per heavy atom. The van der Waals surface area contributed by atoms with Crippen LogP contribution < -0.4 is 4.72 Å². The Morgan fingerprint density at radius 1 is 1.50 bits per heavy atom. The van der Waals surface area contributed by atoms with E-state index < -0.39 is 10.0 Å². The Balaban J connectivity index is 3.76. The van der Waals surface area contributed by atoms with E-state index in [1.807, 2.05) is 6.92 Å². The lowest BCUT2D eigenvalue weighted by Crippen LogP contribution is -2.32. The van der Waals surface area contributed by atoms with E-state index in [2.05, 4.69) is 27.6 Å². The SMILES string of the molecule is CCCCC(C)NS(=O)(=O)CBr. The van der Waals surface area contributed by atoms with Crippen LogP contribution in [-0.2, 0) is 10.0 Å². The molecular formula is C7H16BrNO2S. The molecule has 1 unspecified atom stereocenters. The van der Waals surface area contributed by atoms with Gasteiger partial charge >= 0.3 is 0 Å². The van der Waals surface area contributed by atoms with Crippen molar-refractivity contribution in [3.63, 3.8) is 0 Å². The predicted molar refractivity (Wildman–Crippen MR) is 54.8 cm³/mol. The summed E-state index contributed by atoms with van der Waals surface area (Å²) in [4.78, 5) is 0. The summed E-state index contributed by atoms with van der Waals surface area (Å²) in [5, 5.41) is 0. The molecule has 0 aliphatic rings. The number of nitrogens with one attached hydrogen (secondary N) is 1. The zero-order chi connectivity index (χ0) is 9.61. The molecule has 1 atom stereocenters. The highest BCUT2D eigenvalue weighted by Gasteiger charge is 2.11. The van der Waals surface area contributed by atoms with Gasteiger partial charge in [0.1, 0.15) is 4.66 Å². The summed E-state index contributed by atoms with van der Waals surface area (Å²) in [6.07, 6.45) is 3.06. The van der Waals surface area contributed by atoms with Crippen molar-refractivity contribution < 1.29 is 8.42 Å². The van der Waals surface area contributed by atoms with Crippen molar-refractivity contribution in [2.24, 2.45) is 0 Å². The first kappa shape index (κ1) is 12.4. The van der Waals surface area contributed by atoms with Gasteiger partial charge in [-0.15, -0.1) is 0 Å². The number of halogens is 1. The summed E-state index contributed by atoms with van der Waals surface area (Å²) >= 11 is 2.92. The van der Waals surface area contributed by atoms with Crippen LogP contribution in [0, 0.1) is 0 Å². The van der Waals surface area contributed by atoms with Gasteiger partial charge in [0.15, 0.2) is 0 Å². The maximum Gasteiger partial charge on any atom is 0.221 e. The van der Waals surface area contributed by atoms with E-state index in [1.165, 1.54) is 0 Å². The van der Waals surface area contributed by atoms with Gasteiger partial charge < -0.3 is 0 Å². The first-order valence-electron chi connectivity index (χ1n) is 4.07. The molecule has 0 aromatic heterocycles. The maximum atomic E-state index is 11.0. The normalized spacial score (nSPS) is 14.6. The molecule has 0 fully saturated rings. The van der Waals surface area contributed by atoms with Crippen LogP contribution in [0.2, 0.25) is 0 Å². The predicted octanol–water partition coefficient (Wildman–Crippen LogP) is 1.84. The third kappa shape index (κ3) is 5.97. The summed E-state index contributed by atoms with van der Waals surface area (Å²) in [7, 11) is -3.08. The summed E-state index contributed by atoms with van der Waals surface area (Å²) < 4.78 is 24.6. The molecule has 0 radical (unpaired) electrons. The van der Waals surface area contributed by atoms with E-state index >= 15 is 0 Å². The Hall–Kier alpha value is 0.390. The molecule has 0 spiro atoms. The second-order valence-corrected chi connectivity index (χ2v) is 5.94. The quantitative estimate of drug-likeness (QED) is 0.739. The highest BCUT2D eigenvalue weighted by molar-refractivity contribution is 9.10. The number of hydrogen-bond acceptors (Lipinski definition) is 2. The average molecular weight is 258 g/mol. The average Bonchev–Trinajstić information content (AvgIpc) is 2.00. The minimum absolute atomic E-state index is 0.0174. The lowest BCUT2D eigenvalue weighted by atomic mass is 10.2. The lowest BCUT2D eigenvalue weighted by Gasteiger charge is -2.11. The topological polar surface area (TPSA) is 46.2 Å². The van der Waals surface area contributed by atoms with Crippen molar-refractivity contribution in [1.29, 1.82) is 0 Å². The van der Waals surface area contributed by atoms with Gasteiger partial charge in [-0.1, -0.05) is 35.7 Å². The molecule has 74 valence electrons. The number of rotatable bonds is 6. The zero-order valence-electron chi connectivity index (χ0n) is 7.51. The van der Waals surface area contributed by atoms with Crippen LogP contribution in [0.4, 0.5) is 0 Å². The molecular weight excluding hydrogens is 242 g/mol. The Labute approximate surface area is 83.1 Å². The van der Waals surface area contributed by atoms with E-state index in [0.29, 0.717) is 0 Å². The first-order valence-corrected chi connectivity index (χ1v) is 6.85. The van der Waals surface area contributed by atoms with E-state index in [0.717, 1.165) is 19.3 Å². The smallest absolute Gasteiger partial charge is 0.212 e. The second-order valence-electron chi connectivity index (χ2n) is 2.88. The van der Waals surface area contributed by atoms with Gasteiger partial charge in [0.05, 0.1) is 0 Å². The summed E-state index contributed by atoms with van der Waals surface area (Å²) in [6, 6.07) is 0.0486. The van der Waals surface area contributed by atoms with Crippen molar-refractivity contribution in [1.82, 2.24) is 4.72 Å². The molecule has 0 aliphatic heterocycles. The molecule has 0 heterocycles. The van der Waals surface area contributed by atoms with Gasteiger partial charge in [-0.3, -0.25) is 0 Å². The van der Waals surface area contributed by atoms with E-state index in [9.17, 15) is 8.42 Å². The third-order valence-electron chi connectivity index (χ3n) is 1.52. The minimum atomic E-state index is -3.08. The van der Waals surface area contributed by atoms with E-state index in [-0.39, 0.29) is 10.7 Å². The van der Waals surface area contributed by atoms with Crippen LogP contribution in [0.1, 0.15) is 33.1 Å². The molecule has 0 aliphatic carbocycles. The van der Waals surface area contributed by atoms with Crippen molar-refractivity contribution in [3.8, 4) is 0 Å². The van der Waals surface area contributed by atoms with Crippen molar-refractivity contribution in [3.05, 3.63) is 0 Å². The van der Waals surface area contributed by atoms with Gasteiger partial charge in [0, 0.05) is 6.04 Å². The number of alkyl halides is 1. The fraction of sp³-hybridized carbons (Fsp3) is 1.00. The molecule has 0 bridgehead atoms. The molecule has 0 aromatic rings. The summed E-state index contributed by atoms with van der Waals surface area (Å²) in [6.45, 7) is 3.97. The number of hydrogen-bond donors (Lipinski definition) is 1. The third-order valence-corrected chi connectivity index (χ3v) is 4.37. The van der Waals surface area contributed by atoms with Crippen molar-refractivity contribution >= 4 is 26.0 Å². The highest BCUT2D eigenvalue weighted by Crippen LogP contribution is 2.02. The van der Waals surface area contributed by atoms with Crippen LogP contribution in [0.3, 0.4) is 0 Å². The number of sulfonamides is 1. The van der Waals surface area contributed by atoms with Crippen LogP contribution in [0.15, 0.2) is 0 Å². The molecule has 0 aromatic carbocycles.